The third-order valence-electron chi connectivity index (χ3n) is 3.68. The molecule has 0 amide bonds. The van der Waals surface area contributed by atoms with Gasteiger partial charge >= 0.3 is 0 Å². The van der Waals surface area contributed by atoms with E-state index in [1.54, 1.807) is 4.31 Å². The lowest BCUT2D eigenvalue weighted by Gasteiger charge is -2.31. The van der Waals surface area contributed by atoms with Crippen LogP contribution >= 0.6 is 0 Å². The summed E-state index contributed by atoms with van der Waals surface area (Å²) in [5.74, 6) is 1.02. The minimum absolute atomic E-state index is 0.341. The van der Waals surface area contributed by atoms with Gasteiger partial charge in [-0.25, -0.2) is 0 Å². The van der Waals surface area contributed by atoms with E-state index in [0.717, 1.165) is 25.8 Å². The van der Waals surface area contributed by atoms with Gasteiger partial charge in [-0.3, -0.25) is 0 Å². The summed E-state index contributed by atoms with van der Waals surface area (Å²) in [5.41, 5.74) is 0. The number of ether oxygens (including phenoxy) is 1. The predicted octanol–water partition coefficient (Wildman–Crippen LogP) is 0.815. The maximum atomic E-state index is 12.2. The number of rotatable bonds is 10. The maximum absolute atomic E-state index is 12.2. The van der Waals surface area contributed by atoms with Crippen molar-refractivity contribution >= 4 is 10.2 Å². The molecule has 0 bridgehead atoms. The van der Waals surface area contributed by atoms with Crippen LogP contribution in [0.3, 0.4) is 0 Å². The molecule has 1 aliphatic heterocycles. The number of nitrogens with zero attached hydrogens (tertiary/aromatic N) is 1. The zero-order valence-electron chi connectivity index (χ0n) is 13.6. The highest BCUT2D eigenvalue weighted by atomic mass is 32.2. The second kappa shape index (κ2) is 9.74. The van der Waals surface area contributed by atoms with Crippen LogP contribution in [0.5, 0.6) is 0 Å². The molecule has 1 aliphatic rings. The Morgan fingerprint density at radius 1 is 1.33 bits per heavy atom. The normalized spacial score (nSPS) is 21.0. The Morgan fingerprint density at radius 3 is 2.76 bits per heavy atom. The summed E-state index contributed by atoms with van der Waals surface area (Å²) in [5, 5.41) is 3.12. The van der Waals surface area contributed by atoms with Gasteiger partial charge in [0.05, 0.1) is 6.61 Å². The first kappa shape index (κ1) is 18.8. The van der Waals surface area contributed by atoms with Crippen molar-refractivity contribution in [3.63, 3.8) is 0 Å². The molecule has 2 N–H and O–H groups in total. The Hall–Kier alpha value is -0.210. The summed E-state index contributed by atoms with van der Waals surface area (Å²) in [6.45, 7) is 7.83. The first-order valence-electron chi connectivity index (χ1n) is 7.92. The van der Waals surface area contributed by atoms with Crippen LogP contribution in [0.25, 0.3) is 0 Å². The van der Waals surface area contributed by atoms with E-state index in [1.807, 2.05) is 7.05 Å². The van der Waals surface area contributed by atoms with Gasteiger partial charge in [-0.15, -0.1) is 0 Å². The predicted molar refractivity (Wildman–Crippen MR) is 85.4 cm³/mol. The molecular formula is C14H31N3O3S. The Morgan fingerprint density at radius 2 is 2.10 bits per heavy atom. The van der Waals surface area contributed by atoms with Crippen molar-refractivity contribution in [2.45, 2.75) is 33.1 Å². The lowest BCUT2D eigenvalue weighted by molar-refractivity contribution is 0.128. The molecule has 7 heteroatoms. The van der Waals surface area contributed by atoms with Crippen molar-refractivity contribution in [3.05, 3.63) is 0 Å². The minimum Gasteiger partial charge on any atom is -0.380 e. The highest BCUT2D eigenvalue weighted by Gasteiger charge is 2.28. The molecule has 0 aromatic carbocycles. The quantitative estimate of drug-likeness (QED) is 0.584. The van der Waals surface area contributed by atoms with Gasteiger partial charge in [0, 0.05) is 26.2 Å². The molecular weight excluding hydrogens is 290 g/mol. The zero-order valence-corrected chi connectivity index (χ0v) is 14.4. The topological polar surface area (TPSA) is 70.7 Å². The molecule has 1 rings (SSSR count). The first-order chi connectivity index (χ1) is 9.95. The minimum atomic E-state index is -3.36. The van der Waals surface area contributed by atoms with E-state index in [9.17, 15) is 8.42 Å². The Balaban J connectivity index is 2.26. The monoisotopic (exact) mass is 321 g/mol. The summed E-state index contributed by atoms with van der Waals surface area (Å²) < 4.78 is 34.1. The van der Waals surface area contributed by atoms with Crippen LogP contribution < -0.4 is 10.0 Å². The molecule has 0 aromatic rings. The number of hydrogen-bond acceptors (Lipinski definition) is 4. The molecule has 0 saturated carbocycles. The molecule has 21 heavy (non-hydrogen) atoms. The molecule has 0 spiro atoms. The second-order valence-electron chi connectivity index (χ2n) is 6.12. The highest BCUT2D eigenvalue weighted by molar-refractivity contribution is 7.87. The van der Waals surface area contributed by atoms with Crippen LogP contribution in [0.15, 0.2) is 0 Å². The van der Waals surface area contributed by atoms with Crippen LogP contribution in [0.1, 0.15) is 33.1 Å². The van der Waals surface area contributed by atoms with Gasteiger partial charge in [-0.1, -0.05) is 13.8 Å². The fourth-order valence-electron chi connectivity index (χ4n) is 2.46. The van der Waals surface area contributed by atoms with Crippen molar-refractivity contribution in [1.82, 2.24) is 14.3 Å². The smallest absolute Gasteiger partial charge is 0.279 e. The lowest BCUT2D eigenvalue weighted by atomic mass is 10.00. The van der Waals surface area contributed by atoms with E-state index in [2.05, 4.69) is 23.9 Å². The average Bonchev–Trinajstić information content (AvgIpc) is 2.43. The molecule has 1 unspecified atom stereocenters. The zero-order chi connectivity index (χ0) is 15.7. The Kier molecular flexibility index (Phi) is 8.73. The summed E-state index contributed by atoms with van der Waals surface area (Å²) in [6.07, 6.45) is 3.02. The molecule has 0 aromatic heterocycles. The van der Waals surface area contributed by atoms with Crippen LogP contribution in [0, 0.1) is 11.8 Å². The van der Waals surface area contributed by atoms with Gasteiger partial charge in [-0.05, 0) is 44.7 Å². The molecule has 1 fully saturated rings. The molecule has 1 atom stereocenters. The fraction of sp³-hybridized carbons (Fsp3) is 1.00. The van der Waals surface area contributed by atoms with Gasteiger partial charge in [-0.2, -0.15) is 17.4 Å². The van der Waals surface area contributed by atoms with E-state index in [0.29, 0.717) is 44.7 Å². The van der Waals surface area contributed by atoms with Crippen molar-refractivity contribution in [1.29, 1.82) is 0 Å². The first-order valence-corrected chi connectivity index (χ1v) is 9.36. The molecule has 1 saturated heterocycles. The van der Waals surface area contributed by atoms with E-state index in [-0.39, 0.29) is 0 Å². The molecule has 126 valence electrons. The SMILES string of the molecule is CNCC1CCCN(S(=O)(=O)NCCOCCC(C)C)C1. The summed E-state index contributed by atoms with van der Waals surface area (Å²) in [4.78, 5) is 0. The van der Waals surface area contributed by atoms with Gasteiger partial charge in [0.15, 0.2) is 0 Å². The summed E-state index contributed by atoms with van der Waals surface area (Å²) in [6, 6.07) is 0. The third-order valence-corrected chi connectivity index (χ3v) is 5.27. The second-order valence-corrected chi connectivity index (χ2v) is 7.87. The van der Waals surface area contributed by atoms with E-state index < -0.39 is 10.2 Å². The Bertz CT molecular complexity index is 372. The van der Waals surface area contributed by atoms with Crippen molar-refractivity contribution in [2.75, 3.05) is 46.4 Å². The Labute approximate surface area is 129 Å². The highest BCUT2D eigenvalue weighted by Crippen LogP contribution is 2.17. The van der Waals surface area contributed by atoms with E-state index in [1.165, 1.54) is 0 Å². The standard InChI is InChI=1S/C14H31N3O3S/c1-13(2)6-9-20-10-7-16-21(18,19)17-8-4-5-14(12-17)11-15-3/h13-16H,4-12H2,1-3H3. The number of hydrogen-bond donors (Lipinski definition) is 2. The maximum Gasteiger partial charge on any atom is 0.279 e. The average molecular weight is 321 g/mol. The number of piperidine rings is 1. The lowest BCUT2D eigenvalue weighted by Crippen LogP contribution is -2.48. The van der Waals surface area contributed by atoms with Crippen LogP contribution in [-0.2, 0) is 14.9 Å². The van der Waals surface area contributed by atoms with Crippen LogP contribution in [0.4, 0.5) is 0 Å². The summed E-state index contributed by atoms with van der Waals surface area (Å²) >= 11 is 0. The fourth-order valence-corrected chi connectivity index (χ4v) is 3.76. The van der Waals surface area contributed by atoms with Crippen molar-refractivity contribution in [2.24, 2.45) is 11.8 Å². The molecule has 1 heterocycles. The van der Waals surface area contributed by atoms with E-state index >= 15 is 0 Å². The number of nitrogens with one attached hydrogen (secondary N) is 2. The van der Waals surface area contributed by atoms with Crippen molar-refractivity contribution < 1.29 is 13.2 Å². The molecule has 0 radical (unpaired) electrons. The molecule has 6 nitrogen and oxygen atoms in total. The van der Waals surface area contributed by atoms with Crippen LogP contribution in [0.2, 0.25) is 0 Å². The van der Waals surface area contributed by atoms with Crippen LogP contribution in [-0.4, -0.2) is 59.2 Å². The molecule has 0 aliphatic carbocycles. The van der Waals surface area contributed by atoms with Crippen molar-refractivity contribution in [3.8, 4) is 0 Å². The van der Waals surface area contributed by atoms with Gasteiger partial charge in [0.1, 0.15) is 0 Å². The largest absolute Gasteiger partial charge is 0.380 e. The summed E-state index contributed by atoms with van der Waals surface area (Å²) in [7, 11) is -1.46. The van der Waals surface area contributed by atoms with Gasteiger partial charge < -0.3 is 10.1 Å². The van der Waals surface area contributed by atoms with Gasteiger partial charge in [0.25, 0.3) is 10.2 Å². The van der Waals surface area contributed by atoms with E-state index in [4.69, 9.17) is 4.74 Å². The third kappa shape index (κ3) is 7.56. The van der Waals surface area contributed by atoms with Gasteiger partial charge in [0.2, 0.25) is 0 Å².